The number of halogens is 4. The molecule has 1 aromatic heterocycles. The molecule has 1 aromatic carbocycles. The third-order valence-electron chi connectivity index (χ3n) is 4.53. The van der Waals surface area contributed by atoms with Crippen LogP contribution in [-0.4, -0.2) is 29.2 Å². The van der Waals surface area contributed by atoms with Gasteiger partial charge in [-0.2, -0.15) is 27.9 Å². The molecule has 0 saturated heterocycles. The normalized spacial score (nSPS) is 11.5. The van der Waals surface area contributed by atoms with Gasteiger partial charge in [0.2, 0.25) is 0 Å². The van der Waals surface area contributed by atoms with E-state index in [9.17, 15) is 13.2 Å². The molecule has 0 aliphatic rings. The fraction of sp³-hybridized carbons (Fsp3) is 0.500. The highest BCUT2D eigenvalue weighted by Gasteiger charge is 2.47. The van der Waals surface area contributed by atoms with E-state index in [1.54, 1.807) is 22.9 Å². The quantitative estimate of drug-likeness (QED) is 0.618. The zero-order valence-corrected chi connectivity index (χ0v) is 17.7. The topological polar surface area (TPSA) is 61.2 Å². The molecule has 0 N–H and O–H groups in total. The summed E-state index contributed by atoms with van der Waals surface area (Å²) in [4.78, 5) is 16.2. The molecule has 0 atom stereocenters. The highest BCUT2D eigenvalue weighted by molar-refractivity contribution is 6.33. The number of aryl methyl sites for hydroxylation is 2. The van der Waals surface area contributed by atoms with Gasteiger partial charge in [-0.3, -0.25) is 4.68 Å². The van der Waals surface area contributed by atoms with E-state index < -0.39 is 11.6 Å². The predicted molar refractivity (Wildman–Crippen MR) is 103 cm³/mol. The molecule has 0 unspecified atom stereocenters. The number of aromatic nitrogens is 2. The van der Waals surface area contributed by atoms with E-state index in [1.165, 1.54) is 21.0 Å². The number of methoxy groups -OCH3 is 1. The molecule has 0 radical (unpaired) electrons. The summed E-state index contributed by atoms with van der Waals surface area (Å²) < 4.78 is 46.8. The molecule has 0 spiro atoms. The van der Waals surface area contributed by atoms with Crippen LogP contribution < -0.4 is 4.74 Å². The number of rotatable bonds is 6. The van der Waals surface area contributed by atoms with Crippen LogP contribution in [0, 0.1) is 5.41 Å². The van der Waals surface area contributed by atoms with Gasteiger partial charge in [-0.1, -0.05) is 38.4 Å². The summed E-state index contributed by atoms with van der Waals surface area (Å²) in [6, 6.07) is 5.10. The van der Waals surface area contributed by atoms with E-state index in [4.69, 9.17) is 25.9 Å². The zero-order valence-electron chi connectivity index (χ0n) is 17.0. The highest BCUT2D eigenvalue weighted by Crippen LogP contribution is 2.42. The Hall–Kier alpha value is -2.31. The molecule has 0 aliphatic heterocycles. The fourth-order valence-electron chi connectivity index (χ4n) is 2.85. The molecule has 29 heavy (non-hydrogen) atoms. The first-order valence-corrected chi connectivity index (χ1v) is 9.33. The average Bonchev–Trinajstić information content (AvgIpc) is 2.96. The lowest BCUT2D eigenvalue weighted by atomic mass is 9.84. The summed E-state index contributed by atoms with van der Waals surface area (Å²) in [6.45, 7) is 6.95. The van der Waals surface area contributed by atoms with Crippen molar-refractivity contribution in [2.45, 2.75) is 53.3 Å². The van der Waals surface area contributed by atoms with Crippen LogP contribution >= 0.6 is 11.6 Å². The Balaban J connectivity index is 0.00000132. The Morgan fingerprint density at radius 1 is 1.21 bits per heavy atom. The van der Waals surface area contributed by atoms with Crippen molar-refractivity contribution in [3.05, 3.63) is 34.5 Å². The minimum Gasteiger partial charge on any atom is -0.496 e. The molecular weight excluding hydrogens is 409 g/mol. The molecule has 160 valence electrons. The molecule has 0 amide bonds. The van der Waals surface area contributed by atoms with Gasteiger partial charge in [-0.25, -0.2) is 0 Å². The Bertz CT molecular complexity index is 871. The lowest BCUT2D eigenvalue weighted by molar-refractivity contribution is -0.211. The molecule has 0 fully saturated rings. The molecule has 1 heterocycles. The first-order valence-electron chi connectivity index (χ1n) is 8.95. The summed E-state index contributed by atoms with van der Waals surface area (Å²) >= 11 is 6.49. The van der Waals surface area contributed by atoms with Gasteiger partial charge in [0.15, 0.2) is 0 Å². The lowest BCUT2D eigenvalue weighted by Crippen LogP contribution is -2.34. The highest BCUT2D eigenvalue weighted by atomic mass is 35.5. The van der Waals surface area contributed by atoms with Gasteiger partial charge in [0.1, 0.15) is 5.75 Å². The minimum atomic E-state index is -4.28. The zero-order chi connectivity index (χ0) is 22.4. The number of ether oxygens (including phenoxy) is 1. The monoisotopic (exact) mass is 432 g/mol. The van der Waals surface area contributed by atoms with Crippen LogP contribution in [0.5, 0.6) is 5.75 Å². The maximum Gasteiger partial charge on any atom is 0.394 e. The van der Waals surface area contributed by atoms with Crippen LogP contribution in [0.2, 0.25) is 5.02 Å². The van der Waals surface area contributed by atoms with E-state index in [2.05, 4.69) is 5.10 Å². The third kappa shape index (κ3) is 5.61. The van der Waals surface area contributed by atoms with E-state index >= 15 is 0 Å². The van der Waals surface area contributed by atoms with Gasteiger partial charge in [0.25, 0.3) is 0 Å². The Morgan fingerprint density at radius 2 is 1.79 bits per heavy atom. The molecule has 5 nitrogen and oxygen atoms in total. The van der Waals surface area contributed by atoms with Crippen molar-refractivity contribution in [3.63, 3.8) is 0 Å². The minimum absolute atomic E-state index is 0.131. The van der Waals surface area contributed by atoms with Crippen molar-refractivity contribution in [2.75, 3.05) is 7.11 Å². The standard InChI is InChI=1S/C19H24ClF3N2O.CO2/c1-6-14-16(20)17(25(7-2)24-14)13-9-8-12(10-15(13)26-5)11-18(3,4)19(21,22)23;2-1-3/h8-10H,6-7,11H2,1-5H3;. The molecule has 2 rings (SSSR count). The van der Waals surface area contributed by atoms with Crippen LogP contribution in [0.15, 0.2) is 18.2 Å². The average molecular weight is 433 g/mol. The number of carbonyl (C=O) groups excluding carboxylic acids is 2. The van der Waals surface area contributed by atoms with E-state index in [0.29, 0.717) is 29.3 Å². The van der Waals surface area contributed by atoms with Crippen LogP contribution in [0.1, 0.15) is 39.0 Å². The van der Waals surface area contributed by atoms with Crippen molar-refractivity contribution in [1.82, 2.24) is 9.78 Å². The summed E-state index contributed by atoms with van der Waals surface area (Å²) in [5.74, 6) is 0.486. The van der Waals surface area contributed by atoms with Gasteiger partial charge in [-0.15, -0.1) is 0 Å². The largest absolute Gasteiger partial charge is 0.496 e. The van der Waals surface area contributed by atoms with E-state index in [-0.39, 0.29) is 12.6 Å². The van der Waals surface area contributed by atoms with Crippen LogP contribution in [0.25, 0.3) is 11.3 Å². The number of nitrogens with zero attached hydrogens (tertiary/aromatic N) is 2. The number of alkyl halides is 3. The summed E-state index contributed by atoms with van der Waals surface area (Å²) in [7, 11) is 1.50. The second-order valence-electron chi connectivity index (χ2n) is 6.95. The molecule has 0 bridgehead atoms. The Labute approximate surface area is 172 Å². The third-order valence-corrected chi connectivity index (χ3v) is 4.93. The SMILES string of the molecule is CCc1nn(CC)c(-c2ccc(CC(C)(C)C(F)(F)F)cc2OC)c1Cl.O=C=O. The smallest absolute Gasteiger partial charge is 0.394 e. The molecule has 0 saturated carbocycles. The van der Waals surface area contributed by atoms with Crippen molar-refractivity contribution in [3.8, 4) is 17.0 Å². The second-order valence-corrected chi connectivity index (χ2v) is 7.33. The van der Waals surface area contributed by atoms with Gasteiger partial charge >= 0.3 is 12.3 Å². The van der Waals surface area contributed by atoms with Crippen LogP contribution in [0.4, 0.5) is 13.2 Å². The van der Waals surface area contributed by atoms with Crippen molar-refractivity contribution in [1.29, 1.82) is 0 Å². The maximum absolute atomic E-state index is 13.2. The summed E-state index contributed by atoms with van der Waals surface area (Å²) in [6.07, 6.45) is -3.47. The first kappa shape index (κ1) is 24.7. The Kier molecular flexibility index (Phi) is 8.48. The van der Waals surface area contributed by atoms with Crippen molar-refractivity contribution < 1.29 is 27.5 Å². The van der Waals surface area contributed by atoms with Crippen LogP contribution in [0.3, 0.4) is 0 Å². The van der Waals surface area contributed by atoms with E-state index in [0.717, 1.165) is 17.0 Å². The van der Waals surface area contributed by atoms with Gasteiger partial charge in [0, 0.05) is 12.1 Å². The molecular formula is C20H24ClF3N2O3. The molecule has 9 heteroatoms. The van der Waals surface area contributed by atoms with Gasteiger partial charge in [-0.05, 0) is 37.5 Å². The summed E-state index contributed by atoms with van der Waals surface area (Å²) in [5.41, 5.74) is 0.970. The van der Waals surface area contributed by atoms with Gasteiger partial charge in [0.05, 0.1) is 28.9 Å². The summed E-state index contributed by atoms with van der Waals surface area (Å²) in [5, 5.41) is 5.04. The molecule has 2 aromatic rings. The number of hydrogen-bond donors (Lipinski definition) is 0. The maximum atomic E-state index is 13.2. The Morgan fingerprint density at radius 3 is 2.24 bits per heavy atom. The van der Waals surface area contributed by atoms with Crippen molar-refractivity contribution >= 4 is 17.8 Å². The van der Waals surface area contributed by atoms with Gasteiger partial charge < -0.3 is 4.74 Å². The van der Waals surface area contributed by atoms with Crippen molar-refractivity contribution in [2.24, 2.45) is 5.41 Å². The number of benzene rings is 1. The first-order chi connectivity index (χ1) is 13.5. The fourth-order valence-corrected chi connectivity index (χ4v) is 3.22. The van der Waals surface area contributed by atoms with E-state index in [1.807, 2.05) is 13.8 Å². The molecule has 0 aliphatic carbocycles. The lowest BCUT2D eigenvalue weighted by Gasteiger charge is -2.28. The van der Waals surface area contributed by atoms with Crippen LogP contribution in [-0.2, 0) is 29.0 Å². The number of hydrogen-bond acceptors (Lipinski definition) is 4. The second kappa shape index (κ2) is 9.94. The predicted octanol–water partition coefficient (Wildman–Crippen LogP) is 5.34.